The number of amides is 1. The van der Waals surface area contributed by atoms with Gasteiger partial charge in [-0.05, 0) is 73.2 Å². The molecule has 0 aromatic heterocycles. The molecule has 29 heavy (non-hydrogen) atoms. The zero-order valence-corrected chi connectivity index (χ0v) is 18.0. The van der Waals surface area contributed by atoms with Gasteiger partial charge in [-0.15, -0.1) is 0 Å². The molecule has 0 aliphatic carbocycles. The lowest BCUT2D eigenvalue weighted by atomic mass is 10.0. The smallest absolute Gasteiger partial charge is 0.262 e. The van der Waals surface area contributed by atoms with Crippen LogP contribution in [0.2, 0.25) is 0 Å². The van der Waals surface area contributed by atoms with Gasteiger partial charge in [0.2, 0.25) is 10.0 Å². The fourth-order valence-electron chi connectivity index (χ4n) is 3.38. The first-order valence-electron chi connectivity index (χ1n) is 9.88. The average Bonchev–Trinajstić information content (AvgIpc) is 2.68. The fraction of sp³-hybridized carbons (Fsp3) is 0.409. The second-order valence-electron chi connectivity index (χ2n) is 7.47. The maximum absolute atomic E-state index is 12.4. The number of aryl methyl sites for hydroxylation is 2. The standard InChI is InChI=1S/C22H28N2O4S/c1-4-11-29(26,27)24-10-9-18-6-7-20(13-19(18)14-24)23-22(25)15-28-21-8-5-16(2)17(3)12-21/h5-8,12-13H,4,9-11,14-15H2,1-3H3,(H,23,25). The molecule has 0 saturated heterocycles. The van der Waals surface area contributed by atoms with E-state index in [0.717, 1.165) is 16.7 Å². The minimum absolute atomic E-state index is 0.0867. The predicted molar refractivity (Wildman–Crippen MR) is 115 cm³/mol. The fourth-order valence-corrected chi connectivity index (χ4v) is 4.86. The Hall–Kier alpha value is -2.38. The van der Waals surface area contributed by atoms with Crippen LogP contribution in [0.1, 0.15) is 35.6 Å². The molecule has 0 saturated carbocycles. The van der Waals surface area contributed by atoms with Gasteiger partial charge in [0, 0.05) is 18.8 Å². The molecule has 7 heteroatoms. The number of nitrogens with one attached hydrogen (secondary N) is 1. The van der Waals surface area contributed by atoms with Crippen molar-refractivity contribution >= 4 is 21.6 Å². The van der Waals surface area contributed by atoms with Gasteiger partial charge in [0.15, 0.2) is 6.61 Å². The lowest BCUT2D eigenvalue weighted by Crippen LogP contribution is -2.37. The molecule has 0 radical (unpaired) electrons. The minimum atomic E-state index is -3.23. The lowest BCUT2D eigenvalue weighted by Gasteiger charge is -2.28. The summed E-state index contributed by atoms with van der Waals surface area (Å²) in [5.41, 5.74) is 4.99. The highest BCUT2D eigenvalue weighted by Gasteiger charge is 2.26. The zero-order chi connectivity index (χ0) is 21.0. The zero-order valence-electron chi connectivity index (χ0n) is 17.2. The van der Waals surface area contributed by atoms with Crippen molar-refractivity contribution in [3.05, 3.63) is 58.7 Å². The van der Waals surface area contributed by atoms with Gasteiger partial charge in [-0.2, -0.15) is 4.31 Å². The molecule has 2 aromatic carbocycles. The van der Waals surface area contributed by atoms with Gasteiger partial charge >= 0.3 is 0 Å². The molecular formula is C22H28N2O4S. The third-order valence-corrected chi connectivity index (χ3v) is 7.19. The topological polar surface area (TPSA) is 75.7 Å². The van der Waals surface area contributed by atoms with E-state index in [-0.39, 0.29) is 18.3 Å². The average molecular weight is 417 g/mol. The highest BCUT2D eigenvalue weighted by molar-refractivity contribution is 7.89. The van der Waals surface area contributed by atoms with E-state index in [2.05, 4.69) is 5.32 Å². The molecule has 1 aliphatic heterocycles. The molecule has 2 aromatic rings. The number of carbonyl (C=O) groups is 1. The van der Waals surface area contributed by atoms with Crippen LogP contribution in [0.25, 0.3) is 0 Å². The molecule has 1 amide bonds. The molecule has 6 nitrogen and oxygen atoms in total. The Morgan fingerprint density at radius 2 is 1.90 bits per heavy atom. The van der Waals surface area contributed by atoms with Crippen LogP contribution >= 0.6 is 0 Å². The first-order chi connectivity index (χ1) is 13.8. The minimum Gasteiger partial charge on any atom is -0.484 e. The van der Waals surface area contributed by atoms with Crippen LogP contribution in [0, 0.1) is 13.8 Å². The number of benzene rings is 2. The molecule has 0 spiro atoms. The third kappa shape index (κ3) is 5.36. The van der Waals surface area contributed by atoms with Crippen molar-refractivity contribution in [3.63, 3.8) is 0 Å². The summed E-state index contributed by atoms with van der Waals surface area (Å²) in [5.74, 6) is 0.564. The first-order valence-corrected chi connectivity index (χ1v) is 11.5. The largest absolute Gasteiger partial charge is 0.484 e. The van der Waals surface area contributed by atoms with Gasteiger partial charge in [0.25, 0.3) is 5.91 Å². The Bertz CT molecular complexity index is 1000. The highest BCUT2D eigenvalue weighted by Crippen LogP contribution is 2.25. The van der Waals surface area contributed by atoms with E-state index in [0.29, 0.717) is 37.4 Å². The molecule has 1 N–H and O–H groups in total. The van der Waals surface area contributed by atoms with Crippen LogP contribution in [0.15, 0.2) is 36.4 Å². The molecule has 1 heterocycles. The van der Waals surface area contributed by atoms with Gasteiger partial charge in [0.1, 0.15) is 5.75 Å². The SMILES string of the molecule is CCCS(=O)(=O)N1CCc2ccc(NC(=O)COc3ccc(C)c(C)c3)cc2C1. The number of hydrogen-bond donors (Lipinski definition) is 1. The summed E-state index contributed by atoms with van der Waals surface area (Å²) in [6, 6.07) is 11.4. The van der Waals surface area contributed by atoms with Gasteiger partial charge in [-0.1, -0.05) is 19.1 Å². The van der Waals surface area contributed by atoms with Crippen molar-refractivity contribution in [2.24, 2.45) is 0 Å². The van der Waals surface area contributed by atoms with Crippen molar-refractivity contribution in [2.75, 3.05) is 24.2 Å². The van der Waals surface area contributed by atoms with Crippen LogP contribution in [-0.4, -0.2) is 37.5 Å². The number of ether oxygens (including phenoxy) is 1. The first kappa shape index (κ1) is 21.3. The van der Waals surface area contributed by atoms with E-state index in [4.69, 9.17) is 4.74 Å². The molecule has 1 aliphatic rings. The summed E-state index contributed by atoms with van der Waals surface area (Å²) in [5, 5.41) is 2.84. The molecule has 0 fully saturated rings. The second-order valence-corrected chi connectivity index (χ2v) is 9.55. The van der Waals surface area contributed by atoms with Gasteiger partial charge in [0.05, 0.1) is 5.75 Å². The Kier molecular flexibility index (Phi) is 6.59. The number of carbonyl (C=O) groups excluding carboxylic acids is 1. The molecule has 0 bridgehead atoms. The van der Waals surface area contributed by atoms with E-state index in [1.165, 1.54) is 9.87 Å². The van der Waals surface area contributed by atoms with Gasteiger partial charge < -0.3 is 10.1 Å². The summed E-state index contributed by atoms with van der Waals surface area (Å²) in [6.07, 6.45) is 1.28. The van der Waals surface area contributed by atoms with Gasteiger partial charge in [-0.3, -0.25) is 4.79 Å². The van der Waals surface area contributed by atoms with Crippen LogP contribution in [-0.2, 0) is 27.8 Å². The normalized spacial score (nSPS) is 14.3. The van der Waals surface area contributed by atoms with Crippen molar-refractivity contribution in [1.82, 2.24) is 4.31 Å². The van der Waals surface area contributed by atoms with E-state index in [1.807, 2.05) is 57.2 Å². The maximum atomic E-state index is 12.4. The summed E-state index contributed by atoms with van der Waals surface area (Å²) in [6.45, 7) is 6.65. The number of rotatable bonds is 7. The number of nitrogens with zero attached hydrogens (tertiary/aromatic N) is 1. The molecule has 0 unspecified atom stereocenters. The Morgan fingerprint density at radius 1 is 1.10 bits per heavy atom. The summed E-state index contributed by atoms with van der Waals surface area (Å²) >= 11 is 0. The number of sulfonamides is 1. The Morgan fingerprint density at radius 3 is 2.62 bits per heavy atom. The summed E-state index contributed by atoms with van der Waals surface area (Å²) < 4.78 is 31.8. The van der Waals surface area contributed by atoms with E-state index < -0.39 is 10.0 Å². The lowest BCUT2D eigenvalue weighted by molar-refractivity contribution is -0.118. The van der Waals surface area contributed by atoms with E-state index in [1.54, 1.807) is 0 Å². The van der Waals surface area contributed by atoms with Crippen molar-refractivity contribution in [2.45, 2.75) is 40.2 Å². The summed E-state index contributed by atoms with van der Waals surface area (Å²) in [7, 11) is -3.23. The number of hydrogen-bond acceptors (Lipinski definition) is 4. The number of anilines is 1. The molecule has 0 atom stereocenters. The van der Waals surface area contributed by atoms with Crippen LogP contribution < -0.4 is 10.1 Å². The monoisotopic (exact) mass is 416 g/mol. The van der Waals surface area contributed by atoms with Crippen LogP contribution in [0.5, 0.6) is 5.75 Å². The van der Waals surface area contributed by atoms with Crippen molar-refractivity contribution in [1.29, 1.82) is 0 Å². The molecule has 156 valence electrons. The summed E-state index contributed by atoms with van der Waals surface area (Å²) in [4.78, 5) is 12.3. The van der Waals surface area contributed by atoms with E-state index >= 15 is 0 Å². The Balaban J connectivity index is 1.62. The third-order valence-electron chi connectivity index (χ3n) is 5.17. The van der Waals surface area contributed by atoms with Crippen molar-refractivity contribution < 1.29 is 17.9 Å². The van der Waals surface area contributed by atoms with E-state index in [9.17, 15) is 13.2 Å². The molecule has 3 rings (SSSR count). The van der Waals surface area contributed by atoms with Gasteiger partial charge in [-0.25, -0.2) is 8.42 Å². The van der Waals surface area contributed by atoms with Crippen LogP contribution in [0.4, 0.5) is 5.69 Å². The van der Waals surface area contributed by atoms with Crippen molar-refractivity contribution in [3.8, 4) is 5.75 Å². The van der Waals surface area contributed by atoms with Crippen LogP contribution in [0.3, 0.4) is 0 Å². The second kappa shape index (κ2) is 8.97. The number of fused-ring (bicyclic) bond motifs is 1. The maximum Gasteiger partial charge on any atom is 0.262 e. The highest BCUT2D eigenvalue weighted by atomic mass is 32.2. The predicted octanol–water partition coefficient (Wildman–Crippen LogP) is 3.42. The Labute approximate surface area is 172 Å². The quantitative estimate of drug-likeness (QED) is 0.750. The molecular weight excluding hydrogens is 388 g/mol.